The lowest BCUT2D eigenvalue weighted by Crippen LogP contribution is -2.11. The van der Waals surface area contributed by atoms with Gasteiger partial charge in [-0.1, -0.05) is 18.2 Å². The molecular formula is C12H14N2O3. The number of fused-ring (bicyclic) bond motifs is 1. The number of benzene rings is 1. The van der Waals surface area contributed by atoms with Crippen LogP contribution in [-0.4, -0.2) is 28.0 Å². The highest BCUT2D eigenvalue weighted by molar-refractivity contribution is 5.82. The van der Waals surface area contributed by atoms with Crippen molar-refractivity contribution in [3.63, 3.8) is 0 Å². The number of carbonyl (C=O) groups excluding carboxylic acids is 1. The monoisotopic (exact) mass is 234 g/mol. The van der Waals surface area contributed by atoms with E-state index in [4.69, 9.17) is 0 Å². The van der Waals surface area contributed by atoms with E-state index in [-0.39, 0.29) is 6.42 Å². The van der Waals surface area contributed by atoms with Gasteiger partial charge in [-0.2, -0.15) is 5.10 Å². The summed E-state index contributed by atoms with van der Waals surface area (Å²) in [6.07, 6.45) is -0.972. The molecule has 0 saturated heterocycles. The molecule has 1 atom stereocenters. The molecule has 1 aromatic heterocycles. The summed E-state index contributed by atoms with van der Waals surface area (Å²) < 4.78 is 6.14. The molecule has 0 radical (unpaired) electrons. The van der Waals surface area contributed by atoms with Crippen LogP contribution in [0.4, 0.5) is 0 Å². The van der Waals surface area contributed by atoms with Crippen LogP contribution in [0.2, 0.25) is 0 Å². The van der Waals surface area contributed by atoms with Gasteiger partial charge in [0.2, 0.25) is 0 Å². The molecule has 0 bridgehead atoms. The molecule has 5 nitrogen and oxygen atoms in total. The number of hydrogen-bond acceptors (Lipinski definition) is 4. The number of esters is 1. The van der Waals surface area contributed by atoms with Gasteiger partial charge in [-0.3, -0.25) is 9.48 Å². The van der Waals surface area contributed by atoms with Crippen molar-refractivity contribution in [2.45, 2.75) is 12.5 Å². The Hall–Kier alpha value is -1.88. The number of carbonyl (C=O) groups is 1. The maximum Gasteiger partial charge on any atom is 0.308 e. The van der Waals surface area contributed by atoms with Crippen LogP contribution >= 0.6 is 0 Å². The summed E-state index contributed by atoms with van der Waals surface area (Å²) in [4.78, 5) is 11.2. The van der Waals surface area contributed by atoms with Crippen molar-refractivity contribution in [1.82, 2.24) is 9.78 Å². The first-order valence-electron chi connectivity index (χ1n) is 5.30. The predicted molar refractivity (Wildman–Crippen MR) is 62.3 cm³/mol. The Kier molecular flexibility index (Phi) is 3.10. The van der Waals surface area contributed by atoms with Gasteiger partial charge in [-0.15, -0.1) is 0 Å². The minimum atomic E-state index is -0.903. The molecule has 1 aromatic carbocycles. The molecule has 1 N–H and O–H groups in total. The second-order valence-electron chi connectivity index (χ2n) is 3.82. The molecule has 0 aliphatic rings. The molecule has 0 saturated carbocycles. The first-order valence-corrected chi connectivity index (χ1v) is 5.30. The molecule has 1 heterocycles. The largest absolute Gasteiger partial charge is 0.469 e. The molecule has 1 unspecified atom stereocenters. The Labute approximate surface area is 98.6 Å². The van der Waals surface area contributed by atoms with Crippen molar-refractivity contribution >= 4 is 16.9 Å². The number of rotatable bonds is 3. The summed E-state index contributed by atoms with van der Waals surface area (Å²) >= 11 is 0. The van der Waals surface area contributed by atoms with Crippen LogP contribution in [0.25, 0.3) is 10.9 Å². The van der Waals surface area contributed by atoms with E-state index in [0.717, 1.165) is 10.9 Å². The van der Waals surface area contributed by atoms with Crippen molar-refractivity contribution in [1.29, 1.82) is 0 Å². The maximum absolute atomic E-state index is 11.2. The van der Waals surface area contributed by atoms with Crippen LogP contribution in [0, 0.1) is 0 Å². The van der Waals surface area contributed by atoms with Crippen molar-refractivity contribution in [3.05, 3.63) is 30.0 Å². The van der Waals surface area contributed by atoms with Gasteiger partial charge in [0.05, 0.1) is 24.7 Å². The average molecular weight is 234 g/mol. The third-order valence-corrected chi connectivity index (χ3v) is 2.69. The van der Waals surface area contributed by atoms with E-state index in [1.165, 1.54) is 7.11 Å². The Morgan fingerprint density at radius 3 is 2.94 bits per heavy atom. The van der Waals surface area contributed by atoms with Gasteiger partial charge in [0.1, 0.15) is 6.10 Å². The molecule has 2 rings (SSSR count). The van der Waals surface area contributed by atoms with E-state index in [1.807, 2.05) is 24.3 Å². The van der Waals surface area contributed by atoms with Gasteiger partial charge in [0, 0.05) is 12.4 Å². The normalized spacial score (nSPS) is 12.6. The molecule has 0 aliphatic carbocycles. The third kappa shape index (κ3) is 2.14. The van der Waals surface area contributed by atoms with Crippen molar-refractivity contribution in [3.8, 4) is 0 Å². The Morgan fingerprint density at radius 2 is 2.24 bits per heavy atom. The number of aliphatic hydroxyl groups excluding tert-OH is 1. The van der Waals surface area contributed by atoms with Crippen molar-refractivity contribution in [2.24, 2.45) is 7.05 Å². The van der Waals surface area contributed by atoms with E-state index in [0.29, 0.717) is 5.69 Å². The molecular weight excluding hydrogens is 220 g/mol. The first-order chi connectivity index (χ1) is 8.13. The summed E-state index contributed by atoms with van der Waals surface area (Å²) in [7, 11) is 3.05. The van der Waals surface area contributed by atoms with Gasteiger partial charge in [-0.25, -0.2) is 0 Å². The van der Waals surface area contributed by atoms with Crippen LogP contribution in [0.1, 0.15) is 18.2 Å². The van der Waals surface area contributed by atoms with Crippen LogP contribution in [0.5, 0.6) is 0 Å². The number of methoxy groups -OCH3 is 1. The average Bonchev–Trinajstić information content (AvgIpc) is 2.64. The van der Waals surface area contributed by atoms with Crippen LogP contribution in [-0.2, 0) is 16.6 Å². The first kappa shape index (κ1) is 11.6. The number of hydrogen-bond donors (Lipinski definition) is 1. The SMILES string of the molecule is COC(=O)CC(O)c1c2ccccc2nn1C. The van der Waals surface area contributed by atoms with Gasteiger partial charge in [0.15, 0.2) is 0 Å². The van der Waals surface area contributed by atoms with E-state index in [2.05, 4.69) is 9.84 Å². The van der Waals surface area contributed by atoms with Crippen LogP contribution in [0.15, 0.2) is 24.3 Å². The fourth-order valence-corrected chi connectivity index (χ4v) is 1.90. The highest BCUT2D eigenvalue weighted by atomic mass is 16.5. The zero-order chi connectivity index (χ0) is 12.4. The topological polar surface area (TPSA) is 64.3 Å². The number of aryl methyl sites for hydroxylation is 1. The summed E-state index contributed by atoms with van der Waals surface area (Å²) in [5.41, 5.74) is 1.43. The fraction of sp³-hybridized carbons (Fsp3) is 0.333. The highest BCUT2D eigenvalue weighted by Crippen LogP contribution is 2.25. The van der Waals surface area contributed by atoms with E-state index in [1.54, 1.807) is 11.7 Å². The van der Waals surface area contributed by atoms with Gasteiger partial charge in [0.25, 0.3) is 0 Å². The van der Waals surface area contributed by atoms with Gasteiger partial charge in [-0.05, 0) is 6.07 Å². The Bertz CT molecular complexity index is 548. The molecule has 90 valence electrons. The quantitative estimate of drug-likeness (QED) is 0.810. The minimum Gasteiger partial charge on any atom is -0.469 e. The second-order valence-corrected chi connectivity index (χ2v) is 3.82. The van der Waals surface area contributed by atoms with E-state index < -0.39 is 12.1 Å². The second kappa shape index (κ2) is 4.55. The molecule has 0 spiro atoms. The zero-order valence-electron chi connectivity index (χ0n) is 9.75. The molecule has 5 heteroatoms. The maximum atomic E-state index is 11.2. The molecule has 17 heavy (non-hydrogen) atoms. The summed E-state index contributed by atoms with van der Waals surface area (Å²) in [5, 5.41) is 15.2. The third-order valence-electron chi connectivity index (χ3n) is 2.69. The van der Waals surface area contributed by atoms with Crippen molar-refractivity contribution < 1.29 is 14.6 Å². The molecule has 0 aliphatic heterocycles. The standard InChI is InChI=1S/C12H14N2O3/c1-14-12(10(15)7-11(16)17-2)8-5-3-4-6-9(8)13-14/h3-6,10,15H,7H2,1-2H3. The minimum absolute atomic E-state index is 0.0694. The lowest BCUT2D eigenvalue weighted by molar-refractivity contribution is -0.142. The summed E-state index contributed by atoms with van der Waals surface area (Å²) in [5.74, 6) is -0.442. The lowest BCUT2D eigenvalue weighted by atomic mass is 10.1. The van der Waals surface area contributed by atoms with Gasteiger partial charge < -0.3 is 9.84 Å². The predicted octanol–water partition coefficient (Wildman–Crippen LogP) is 1.17. The van der Waals surface area contributed by atoms with E-state index in [9.17, 15) is 9.90 Å². The van der Waals surface area contributed by atoms with Crippen LogP contribution in [0.3, 0.4) is 0 Å². The fourth-order valence-electron chi connectivity index (χ4n) is 1.90. The Balaban J connectivity index is 2.40. The number of nitrogens with zero attached hydrogens (tertiary/aromatic N) is 2. The highest BCUT2D eigenvalue weighted by Gasteiger charge is 2.20. The van der Waals surface area contributed by atoms with Crippen LogP contribution < -0.4 is 0 Å². The summed E-state index contributed by atoms with van der Waals surface area (Å²) in [6, 6.07) is 7.49. The van der Waals surface area contributed by atoms with Gasteiger partial charge >= 0.3 is 5.97 Å². The smallest absolute Gasteiger partial charge is 0.308 e. The molecule has 0 fully saturated rings. The van der Waals surface area contributed by atoms with E-state index >= 15 is 0 Å². The summed E-state index contributed by atoms with van der Waals surface area (Å²) in [6.45, 7) is 0. The number of ether oxygens (including phenoxy) is 1. The molecule has 0 amide bonds. The zero-order valence-corrected chi connectivity index (χ0v) is 9.75. The molecule has 2 aromatic rings. The van der Waals surface area contributed by atoms with Crippen molar-refractivity contribution in [2.75, 3.05) is 7.11 Å². The number of aliphatic hydroxyl groups is 1. The number of aromatic nitrogens is 2. The Morgan fingerprint density at radius 1 is 1.53 bits per heavy atom. The lowest BCUT2D eigenvalue weighted by Gasteiger charge is -2.10.